The molecule has 0 saturated heterocycles. The normalized spacial score (nSPS) is 13.2. The molecule has 0 aromatic carbocycles. The highest BCUT2D eigenvalue weighted by molar-refractivity contribution is 6.04. The van der Waals surface area contributed by atoms with Crippen LogP contribution in [0.25, 0.3) is 11.2 Å². The molecule has 3 aromatic rings. The van der Waals surface area contributed by atoms with Gasteiger partial charge in [-0.25, -0.2) is 9.67 Å². The number of H-pyrrole nitrogens is 1. The zero-order chi connectivity index (χ0) is 18.2. The summed E-state index contributed by atoms with van der Waals surface area (Å²) in [5.41, 5.74) is 2.85. The second-order valence-corrected chi connectivity index (χ2v) is 7.48. The van der Waals surface area contributed by atoms with E-state index in [0.717, 1.165) is 12.1 Å². The number of aromatic nitrogens is 6. The molecule has 1 atom stereocenters. The van der Waals surface area contributed by atoms with Crippen molar-refractivity contribution in [3.05, 3.63) is 29.6 Å². The first-order chi connectivity index (χ1) is 11.7. The molecule has 8 nitrogen and oxygen atoms in total. The van der Waals surface area contributed by atoms with E-state index in [-0.39, 0.29) is 11.3 Å². The molecule has 0 bridgehead atoms. The molecule has 0 radical (unpaired) electrons. The number of hydrogen-bond donors (Lipinski definition) is 2. The number of carbonyl (C=O) groups excluding carboxylic acids is 1. The van der Waals surface area contributed by atoms with Gasteiger partial charge in [-0.1, -0.05) is 32.9 Å². The molecular weight excluding hydrogens is 318 g/mol. The van der Waals surface area contributed by atoms with Gasteiger partial charge in [-0.05, 0) is 23.8 Å². The average molecular weight is 341 g/mol. The molecule has 0 aliphatic carbocycles. The van der Waals surface area contributed by atoms with Crippen LogP contribution in [-0.2, 0) is 13.5 Å². The van der Waals surface area contributed by atoms with E-state index >= 15 is 0 Å². The Bertz CT molecular complexity index is 903. The molecule has 3 rings (SSSR count). The van der Waals surface area contributed by atoms with Gasteiger partial charge in [0.2, 0.25) is 0 Å². The number of nitrogens with one attached hydrogen (secondary N) is 2. The first kappa shape index (κ1) is 17.1. The van der Waals surface area contributed by atoms with E-state index in [1.165, 1.54) is 6.20 Å². The minimum Gasteiger partial charge on any atom is -0.305 e. The van der Waals surface area contributed by atoms with Gasteiger partial charge >= 0.3 is 0 Å². The predicted molar refractivity (Wildman–Crippen MR) is 95.2 cm³/mol. The van der Waals surface area contributed by atoms with Crippen molar-refractivity contribution in [2.75, 3.05) is 5.32 Å². The van der Waals surface area contributed by atoms with E-state index in [1.807, 2.05) is 6.07 Å². The van der Waals surface area contributed by atoms with Crippen LogP contribution in [0.2, 0.25) is 0 Å². The molecule has 2 N–H and O–H groups in total. The van der Waals surface area contributed by atoms with Crippen molar-refractivity contribution in [1.29, 1.82) is 0 Å². The molecule has 0 fully saturated rings. The molecule has 3 aromatic heterocycles. The second kappa shape index (κ2) is 6.27. The lowest BCUT2D eigenvalue weighted by Gasteiger charge is -2.26. The van der Waals surface area contributed by atoms with Gasteiger partial charge in [-0.2, -0.15) is 5.10 Å². The summed E-state index contributed by atoms with van der Waals surface area (Å²) in [4.78, 5) is 16.6. The number of anilines is 1. The van der Waals surface area contributed by atoms with Crippen molar-refractivity contribution in [2.45, 2.75) is 34.1 Å². The Hall–Kier alpha value is -2.77. The Morgan fingerprint density at radius 2 is 2.12 bits per heavy atom. The van der Waals surface area contributed by atoms with Gasteiger partial charge in [0.05, 0.1) is 5.56 Å². The maximum Gasteiger partial charge on any atom is 0.258 e. The van der Waals surface area contributed by atoms with E-state index in [2.05, 4.69) is 58.5 Å². The molecule has 25 heavy (non-hydrogen) atoms. The third kappa shape index (κ3) is 3.67. The van der Waals surface area contributed by atoms with Crippen LogP contribution in [0.1, 0.15) is 43.7 Å². The molecule has 0 spiro atoms. The van der Waals surface area contributed by atoms with Gasteiger partial charge in [0.1, 0.15) is 5.52 Å². The third-order valence-corrected chi connectivity index (χ3v) is 4.58. The summed E-state index contributed by atoms with van der Waals surface area (Å²) in [5, 5.41) is 17.8. The maximum atomic E-state index is 12.4. The van der Waals surface area contributed by atoms with Gasteiger partial charge in [0.25, 0.3) is 5.91 Å². The summed E-state index contributed by atoms with van der Waals surface area (Å²) >= 11 is 0. The fourth-order valence-electron chi connectivity index (χ4n) is 2.41. The molecule has 0 unspecified atom stereocenters. The van der Waals surface area contributed by atoms with Crippen LogP contribution in [0.15, 0.2) is 18.3 Å². The Morgan fingerprint density at radius 3 is 2.84 bits per heavy atom. The minimum atomic E-state index is -0.276. The highest BCUT2D eigenvalue weighted by Crippen LogP contribution is 2.28. The lowest BCUT2D eigenvalue weighted by atomic mass is 9.79. The number of nitrogens with zero attached hydrogens (tertiary/aromatic N) is 5. The third-order valence-electron chi connectivity index (χ3n) is 4.58. The average Bonchev–Trinajstić information content (AvgIpc) is 3.13. The summed E-state index contributed by atoms with van der Waals surface area (Å²) in [5.74, 6) is 0.710. The first-order valence-corrected chi connectivity index (χ1v) is 8.25. The Kier molecular flexibility index (Phi) is 4.28. The van der Waals surface area contributed by atoms with Crippen molar-refractivity contribution in [2.24, 2.45) is 18.4 Å². The molecule has 0 aliphatic rings. The number of aryl methyl sites for hydroxylation is 1. The van der Waals surface area contributed by atoms with Gasteiger partial charge in [-0.15, -0.1) is 5.10 Å². The minimum absolute atomic E-state index is 0.215. The zero-order valence-electron chi connectivity index (χ0n) is 15.2. The zero-order valence-corrected chi connectivity index (χ0v) is 15.2. The number of fused-ring (bicyclic) bond motifs is 1. The molecular formula is C17H23N7O. The fraction of sp³-hybridized carbons (Fsp3) is 0.471. The van der Waals surface area contributed by atoms with Crippen molar-refractivity contribution in [3.63, 3.8) is 0 Å². The van der Waals surface area contributed by atoms with Crippen LogP contribution in [0.5, 0.6) is 0 Å². The lowest BCUT2D eigenvalue weighted by molar-refractivity contribution is 0.102. The van der Waals surface area contributed by atoms with Crippen LogP contribution in [0, 0.1) is 11.3 Å². The van der Waals surface area contributed by atoms with Crippen molar-refractivity contribution in [3.8, 4) is 0 Å². The molecule has 0 aliphatic heterocycles. The Morgan fingerprint density at radius 1 is 1.36 bits per heavy atom. The highest BCUT2D eigenvalue weighted by atomic mass is 16.1. The van der Waals surface area contributed by atoms with E-state index in [4.69, 9.17) is 0 Å². The van der Waals surface area contributed by atoms with Crippen LogP contribution < -0.4 is 5.32 Å². The van der Waals surface area contributed by atoms with Gasteiger partial charge in [0, 0.05) is 25.0 Å². The first-order valence-electron chi connectivity index (χ1n) is 8.25. The number of carbonyl (C=O) groups is 1. The van der Waals surface area contributed by atoms with Gasteiger partial charge in [-0.3, -0.25) is 9.89 Å². The smallest absolute Gasteiger partial charge is 0.258 e. The topological polar surface area (TPSA) is 101 Å². The number of aromatic amines is 1. The molecule has 132 valence electrons. The number of hydrogen-bond acceptors (Lipinski definition) is 5. The fourth-order valence-corrected chi connectivity index (χ4v) is 2.41. The van der Waals surface area contributed by atoms with Gasteiger partial charge in [0.15, 0.2) is 11.5 Å². The lowest BCUT2D eigenvalue weighted by Crippen LogP contribution is -2.19. The summed E-state index contributed by atoms with van der Waals surface area (Å²) in [6, 6.07) is 3.54. The van der Waals surface area contributed by atoms with Gasteiger partial charge < -0.3 is 5.32 Å². The maximum absolute atomic E-state index is 12.4. The van der Waals surface area contributed by atoms with Crippen molar-refractivity contribution >= 4 is 22.9 Å². The molecule has 1 amide bonds. The molecule has 0 saturated carbocycles. The van der Waals surface area contributed by atoms with E-state index in [9.17, 15) is 4.79 Å². The summed E-state index contributed by atoms with van der Waals surface area (Å²) in [6.45, 7) is 8.85. The summed E-state index contributed by atoms with van der Waals surface area (Å²) in [6.07, 6.45) is 2.38. The second-order valence-electron chi connectivity index (χ2n) is 7.48. The number of rotatable bonds is 4. The summed E-state index contributed by atoms with van der Waals surface area (Å²) < 4.78 is 1.56. The Balaban J connectivity index is 1.70. The number of pyridine rings is 1. The van der Waals surface area contributed by atoms with Crippen LogP contribution in [0.4, 0.5) is 5.82 Å². The van der Waals surface area contributed by atoms with Crippen LogP contribution in [0.3, 0.4) is 0 Å². The van der Waals surface area contributed by atoms with Crippen molar-refractivity contribution in [1.82, 2.24) is 30.2 Å². The highest BCUT2D eigenvalue weighted by Gasteiger charge is 2.21. The largest absolute Gasteiger partial charge is 0.305 e. The predicted octanol–water partition coefficient (Wildman–Crippen LogP) is 2.56. The van der Waals surface area contributed by atoms with E-state index < -0.39 is 0 Å². The van der Waals surface area contributed by atoms with E-state index in [0.29, 0.717) is 28.5 Å². The summed E-state index contributed by atoms with van der Waals surface area (Å²) in [7, 11) is 1.76. The monoisotopic (exact) mass is 341 g/mol. The SMILES string of the molecule is C[C@@H](Cc1cc(NC(=O)c2cnc3c(c2)nnn3C)n[nH]1)C(C)(C)C. The van der Waals surface area contributed by atoms with Crippen LogP contribution in [-0.4, -0.2) is 36.1 Å². The quantitative estimate of drug-likeness (QED) is 0.759. The standard InChI is InChI=1S/C17H23N7O/c1-10(17(2,3)4)6-12-8-14(22-20-12)19-16(25)11-7-13-15(18-9-11)24(5)23-21-13/h7-10H,6H2,1-5H3,(H2,19,20,22,25)/t10-/m0/s1. The van der Waals surface area contributed by atoms with Crippen LogP contribution >= 0.6 is 0 Å². The molecule has 3 heterocycles. The molecule has 8 heteroatoms. The number of amides is 1. The Labute approximate surface area is 146 Å². The van der Waals surface area contributed by atoms with E-state index in [1.54, 1.807) is 17.8 Å². The van der Waals surface area contributed by atoms with Crippen molar-refractivity contribution < 1.29 is 4.79 Å².